The van der Waals surface area contributed by atoms with Gasteiger partial charge in [0, 0.05) is 24.0 Å². The SMILES string of the molecule is CCCNC1CC(C)(C)Cc2nc(N(C)C(C)CC)sc21. The van der Waals surface area contributed by atoms with Crippen molar-refractivity contribution in [3.63, 3.8) is 0 Å². The Morgan fingerprint density at radius 2 is 2.14 bits per heavy atom. The number of thiazole rings is 1. The Bertz CT molecular complexity index is 467. The maximum absolute atomic E-state index is 4.98. The average molecular weight is 310 g/mol. The van der Waals surface area contributed by atoms with Crippen molar-refractivity contribution < 1.29 is 0 Å². The molecule has 4 heteroatoms. The van der Waals surface area contributed by atoms with E-state index in [1.807, 2.05) is 11.3 Å². The zero-order chi connectivity index (χ0) is 15.6. The van der Waals surface area contributed by atoms with Gasteiger partial charge in [-0.25, -0.2) is 4.98 Å². The summed E-state index contributed by atoms with van der Waals surface area (Å²) in [7, 11) is 2.18. The highest BCUT2D eigenvalue weighted by atomic mass is 32.1. The molecule has 0 radical (unpaired) electrons. The van der Waals surface area contributed by atoms with Crippen molar-refractivity contribution >= 4 is 16.5 Å². The van der Waals surface area contributed by atoms with Gasteiger partial charge in [-0.05, 0) is 44.6 Å². The summed E-state index contributed by atoms with van der Waals surface area (Å²) >= 11 is 1.90. The van der Waals surface area contributed by atoms with Crippen LogP contribution in [0.1, 0.15) is 70.5 Å². The zero-order valence-corrected chi connectivity index (χ0v) is 15.3. The molecule has 1 aliphatic rings. The molecule has 0 spiro atoms. The van der Waals surface area contributed by atoms with Crippen LogP contribution in [0.3, 0.4) is 0 Å². The largest absolute Gasteiger partial charge is 0.348 e. The van der Waals surface area contributed by atoms with E-state index in [0.717, 1.165) is 19.4 Å². The van der Waals surface area contributed by atoms with Crippen LogP contribution in [0.2, 0.25) is 0 Å². The van der Waals surface area contributed by atoms with E-state index in [1.54, 1.807) is 0 Å². The van der Waals surface area contributed by atoms with Gasteiger partial charge in [-0.2, -0.15) is 0 Å². The molecule has 0 fully saturated rings. The van der Waals surface area contributed by atoms with Gasteiger partial charge in [0.2, 0.25) is 0 Å². The minimum absolute atomic E-state index is 0.346. The van der Waals surface area contributed by atoms with E-state index in [1.165, 1.54) is 28.5 Å². The Morgan fingerprint density at radius 1 is 1.43 bits per heavy atom. The maximum atomic E-state index is 4.98. The van der Waals surface area contributed by atoms with Crippen LogP contribution >= 0.6 is 11.3 Å². The Kier molecular flexibility index (Phi) is 5.31. The van der Waals surface area contributed by atoms with E-state index in [2.05, 4.69) is 51.9 Å². The van der Waals surface area contributed by atoms with Crippen molar-refractivity contribution in [2.24, 2.45) is 5.41 Å². The first-order valence-corrected chi connectivity index (χ1v) is 9.15. The first-order chi connectivity index (χ1) is 9.88. The Hall–Kier alpha value is -0.610. The van der Waals surface area contributed by atoms with Crippen molar-refractivity contribution in [2.75, 3.05) is 18.5 Å². The predicted octanol–water partition coefficient (Wildman–Crippen LogP) is 4.39. The van der Waals surface area contributed by atoms with Gasteiger partial charge in [-0.3, -0.25) is 0 Å². The van der Waals surface area contributed by atoms with Crippen LogP contribution < -0.4 is 10.2 Å². The topological polar surface area (TPSA) is 28.2 Å². The van der Waals surface area contributed by atoms with E-state index in [9.17, 15) is 0 Å². The number of rotatable bonds is 6. The summed E-state index contributed by atoms with van der Waals surface area (Å²) in [5.74, 6) is 0. The molecule has 0 amide bonds. The van der Waals surface area contributed by atoms with Crippen LogP contribution in [0.15, 0.2) is 0 Å². The van der Waals surface area contributed by atoms with Crippen molar-refractivity contribution in [3.05, 3.63) is 10.6 Å². The number of fused-ring (bicyclic) bond motifs is 1. The molecule has 1 aromatic rings. The maximum Gasteiger partial charge on any atom is 0.185 e. The van der Waals surface area contributed by atoms with E-state index in [4.69, 9.17) is 4.98 Å². The molecule has 21 heavy (non-hydrogen) atoms. The monoisotopic (exact) mass is 309 g/mol. The summed E-state index contributed by atoms with van der Waals surface area (Å²) in [5, 5.41) is 4.92. The zero-order valence-electron chi connectivity index (χ0n) is 14.5. The summed E-state index contributed by atoms with van der Waals surface area (Å²) in [5.41, 5.74) is 1.67. The number of nitrogens with zero attached hydrogens (tertiary/aromatic N) is 2. The van der Waals surface area contributed by atoms with Gasteiger partial charge < -0.3 is 10.2 Å². The molecule has 0 saturated carbocycles. The van der Waals surface area contributed by atoms with Gasteiger partial charge in [0.15, 0.2) is 5.13 Å². The first-order valence-electron chi connectivity index (χ1n) is 8.33. The van der Waals surface area contributed by atoms with Gasteiger partial charge in [-0.1, -0.05) is 39.0 Å². The lowest BCUT2D eigenvalue weighted by Gasteiger charge is -2.34. The van der Waals surface area contributed by atoms with Gasteiger partial charge in [-0.15, -0.1) is 0 Å². The molecule has 120 valence electrons. The lowest BCUT2D eigenvalue weighted by atomic mass is 9.76. The van der Waals surface area contributed by atoms with Gasteiger partial charge in [0.25, 0.3) is 0 Å². The Labute approximate surface area is 134 Å². The molecule has 2 atom stereocenters. The molecule has 2 rings (SSSR count). The van der Waals surface area contributed by atoms with Gasteiger partial charge >= 0.3 is 0 Å². The minimum atomic E-state index is 0.346. The van der Waals surface area contributed by atoms with Crippen LogP contribution in [-0.2, 0) is 6.42 Å². The van der Waals surface area contributed by atoms with Crippen LogP contribution in [-0.4, -0.2) is 24.6 Å². The minimum Gasteiger partial charge on any atom is -0.348 e. The van der Waals surface area contributed by atoms with E-state index < -0.39 is 0 Å². The third-order valence-corrected chi connectivity index (χ3v) is 5.93. The summed E-state index contributed by atoms with van der Waals surface area (Å²) in [6.07, 6.45) is 4.67. The molecule has 0 bridgehead atoms. The van der Waals surface area contributed by atoms with Gasteiger partial charge in [0.05, 0.1) is 5.69 Å². The van der Waals surface area contributed by atoms with E-state index in [-0.39, 0.29) is 0 Å². The normalized spacial score (nSPS) is 21.9. The third-order valence-electron chi connectivity index (χ3n) is 4.63. The fraction of sp³-hybridized carbons (Fsp3) is 0.824. The number of nitrogens with one attached hydrogen (secondary N) is 1. The number of anilines is 1. The second kappa shape index (κ2) is 6.66. The summed E-state index contributed by atoms with van der Waals surface area (Å²) in [6, 6.07) is 1.04. The smallest absolute Gasteiger partial charge is 0.185 e. The fourth-order valence-electron chi connectivity index (χ4n) is 3.02. The highest BCUT2D eigenvalue weighted by Crippen LogP contribution is 2.44. The molecule has 1 N–H and O–H groups in total. The highest BCUT2D eigenvalue weighted by Gasteiger charge is 2.35. The van der Waals surface area contributed by atoms with Crippen LogP contribution in [0.5, 0.6) is 0 Å². The Morgan fingerprint density at radius 3 is 2.76 bits per heavy atom. The molecule has 0 aromatic carbocycles. The second-order valence-electron chi connectivity index (χ2n) is 7.23. The van der Waals surface area contributed by atoms with Gasteiger partial charge in [0.1, 0.15) is 0 Å². The molecule has 0 saturated heterocycles. The average Bonchev–Trinajstić information content (AvgIpc) is 2.85. The summed E-state index contributed by atoms with van der Waals surface area (Å²) < 4.78 is 0. The molecular formula is C17H31N3S. The van der Waals surface area contributed by atoms with Crippen molar-refractivity contribution in [1.82, 2.24) is 10.3 Å². The second-order valence-corrected chi connectivity index (χ2v) is 8.24. The van der Waals surface area contributed by atoms with Crippen molar-refractivity contribution in [3.8, 4) is 0 Å². The van der Waals surface area contributed by atoms with Crippen LogP contribution in [0, 0.1) is 5.41 Å². The highest BCUT2D eigenvalue weighted by molar-refractivity contribution is 7.15. The standard InChI is InChI=1S/C17H31N3S/c1-7-9-18-13-10-17(4,5)11-14-15(13)21-16(19-14)20(6)12(3)8-2/h12-13,18H,7-11H2,1-6H3. The van der Waals surface area contributed by atoms with Crippen LogP contribution in [0.25, 0.3) is 0 Å². The van der Waals surface area contributed by atoms with E-state index in [0.29, 0.717) is 17.5 Å². The number of hydrogen-bond donors (Lipinski definition) is 1. The number of aromatic nitrogens is 1. The quantitative estimate of drug-likeness (QED) is 0.844. The van der Waals surface area contributed by atoms with Crippen molar-refractivity contribution in [2.45, 2.75) is 72.4 Å². The van der Waals surface area contributed by atoms with E-state index >= 15 is 0 Å². The molecule has 1 aromatic heterocycles. The molecule has 1 heterocycles. The Balaban J connectivity index is 2.27. The third kappa shape index (κ3) is 3.78. The lowest BCUT2D eigenvalue weighted by molar-refractivity contribution is 0.258. The van der Waals surface area contributed by atoms with Crippen molar-refractivity contribution in [1.29, 1.82) is 0 Å². The number of hydrogen-bond acceptors (Lipinski definition) is 4. The first kappa shape index (κ1) is 16.8. The van der Waals surface area contributed by atoms with Crippen LogP contribution in [0.4, 0.5) is 5.13 Å². The fourth-order valence-corrected chi connectivity index (χ4v) is 4.24. The molecule has 0 aliphatic heterocycles. The molecule has 2 unspecified atom stereocenters. The summed E-state index contributed by atoms with van der Waals surface area (Å²) in [6.45, 7) is 12.6. The molecular weight excluding hydrogens is 278 g/mol. The lowest BCUT2D eigenvalue weighted by Crippen LogP contribution is -2.33. The summed E-state index contributed by atoms with van der Waals surface area (Å²) in [4.78, 5) is 8.80. The molecule has 1 aliphatic carbocycles. The predicted molar refractivity (Wildman–Crippen MR) is 93.4 cm³/mol. The molecule has 3 nitrogen and oxygen atoms in total.